The molecule has 1 aliphatic carbocycles. The van der Waals surface area contributed by atoms with Crippen LogP contribution in [0.15, 0.2) is 42.0 Å². The van der Waals surface area contributed by atoms with E-state index in [1.165, 1.54) is 12.0 Å². The molecular weight excluding hydrogens is 240 g/mol. The van der Waals surface area contributed by atoms with Crippen molar-refractivity contribution in [2.24, 2.45) is 0 Å². The van der Waals surface area contributed by atoms with Gasteiger partial charge in [0.1, 0.15) is 0 Å². The SMILES string of the molecule is CC(O[C@H](CC=C1CCC1)C(=O)O)c1ccccc1. The van der Waals surface area contributed by atoms with E-state index in [4.69, 9.17) is 4.74 Å². The smallest absolute Gasteiger partial charge is 0.333 e. The summed E-state index contributed by atoms with van der Waals surface area (Å²) in [5.41, 5.74) is 2.37. The molecule has 1 fully saturated rings. The highest BCUT2D eigenvalue weighted by atomic mass is 16.5. The first-order valence-corrected chi connectivity index (χ1v) is 6.78. The maximum absolute atomic E-state index is 11.2. The van der Waals surface area contributed by atoms with Crippen molar-refractivity contribution in [3.63, 3.8) is 0 Å². The third-order valence-corrected chi connectivity index (χ3v) is 3.53. The van der Waals surface area contributed by atoms with Crippen LogP contribution >= 0.6 is 0 Å². The molecule has 102 valence electrons. The van der Waals surface area contributed by atoms with Crippen molar-refractivity contribution in [2.75, 3.05) is 0 Å². The molecule has 0 aliphatic heterocycles. The van der Waals surface area contributed by atoms with Crippen molar-refractivity contribution in [3.05, 3.63) is 47.5 Å². The standard InChI is InChI=1S/C16H20O3/c1-12(14-8-3-2-4-9-14)19-15(16(17)18)11-10-13-6-5-7-13/h2-4,8-10,12,15H,5-7,11H2,1H3,(H,17,18)/t12?,15-/m1/s1. The molecule has 1 aromatic rings. The van der Waals surface area contributed by atoms with E-state index in [9.17, 15) is 9.90 Å². The number of carboxylic acids is 1. The lowest BCUT2D eigenvalue weighted by Crippen LogP contribution is -2.25. The lowest BCUT2D eigenvalue weighted by Gasteiger charge is -2.21. The molecule has 1 aromatic carbocycles. The van der Waals surface area contributed by atoms with Gasteiger partial charge < -0.3 is 9.84 Å². The first kappa shape index (κ1) is 13.8. The molecule has 3 nitrogen and oxygen atoms in total. The number of allylic oxidation sites excluding steroid dienone is 1. The van der Waals surface area contributed by atoms with E-state index in [-0.39, 0.29) is 6.10 Å². The third kappa shape index (κ3) is 3.93. The predicted molar refractivity (Wildman–Crippen MR) is 73.9 cm³/mol. The summed E-state index contributed by atoms with van der Waals surface area (Å²) in [5.74, 6) is -0.890. The molecule has 1 aliphatic rings. The number of benzene rings is 1. The summed E-state index contributed by atoms with van der Waals surface area (Å²) < 4.78 is 5.67. The molecule has 3 heteroatoms. The molecule has 0 amide bonds. The van der Waals surface area contributed by atoms with Gasteiger partial charge in [0, 0.05) is 6.42 Å². The summed E-state index contributed by atoms with van der Waals surface area (Å²) in [4.78, 5) is 11.2. The zero-order chi connectivity index (χ0) is 13.7. The van der Waals surface area contributed by atoms with Crippen LogP contribution in [-0.4, -0.2) is 17.2 Å². The van der Waals surface area contributed by atoms with Crippen LogP contribution in [0.4, 0.5) is 0 Å². The average molecular weight is 260 g/mol. The molecule has 1 saturated carbocycles. The average Bonchev–Trinajstić information content (AvgIpc) is 2.36. The highest BCUT2D eigenvalue weighted by Gasteiger charge is 2.21. The lowest BCUT2D eigenvalue weighted by molar-refractivity contribution is -0.153. The summed E-state index contributed by atoms with van der Waals surface area (Å²) >= 11 is 0. The Morgan fingerprint density at radius 2 is 2.05 bits per heavy atom. The van der Waals surface area contributed by atoms with E-state index in [0.29, 0.717) is 6.42 Å². The fourth-order valence-corrected chi connectivity index (χ4v) is 2.12. The number of hydrogen-bond donors (Lipinski definition) is 1. The van der Waals surface area contributed by atoms with Gasteiger partial charge in [0.25, 0.3) is 0 Å². The van der Waals surface area contributed by atoms with Gasteiger partial charge in [-0.05, 0) is 31.7 Å². The minimum Gasteiger partial charge on any atom is -0.479 e. The number of carboxylic acid groups (broad SMARTS) is 1. The van der Waals surface area contributed by atoms with Crippen LogP contribution in [0.2, 0.25) is 0 Å². The lowest BCUT2D eigenvalue weighted by atomic mass is 9.91. The van der Waals surface area contributed by atoms with Gasteiger partial charge in [-0.15, -0.1) is 0 Å². The van der Waals surface area contributed by atoms with E-state index in [0.717, 1.165) is 18.4 Å². The molecule has 0 spiro atoms. The van der Waals surface area contributed by atoms with Crippen LogP contribution in [0.25, 0.3) is 0 Å². The van der Waals surface area contributed by atoms with Gasteiger partial charge in [-0.2, -0.15) is 0 Å². The second-order valence-corrected chi connectivity index (χ2v) is 4.97. The van der Waals surface area contributed by atoms with Crippen LogP contribution < -0.4 is 0 Å². The Morgan fingerprint density at radius 3 is 2.58 bits per heavy atom. The normalized spacial score (nSPS) is 17.4. The van der Waals surface area contributed by atoms with Crippen molar-refractivity contribution in [2.45, 2.75) is 44.8 Å². The van der Waals surface area contributed by atoms with Gasteiger partial charge in [0.05, 0.1) is 6.10 Å². The number of ether oxygens (including phenoxy) is 1. The van der Waals surface area contributed by atoms with E-state index >= 15 is 0 Å². The quantitative estimate of drug-likeness (QED) is 0.793. The molecule has 0 heterocycles. The fraction of sp³-hybridized carbons (Fsp3) is 0.438. The van der Waals surface area contributed by atoms with Gasteiger partial charge in [-0.3, -0.25) is 0 Å². The largest absolute Gasteiger partial charge is 0.479 e. The molecule has 0 radical (unpaired) electrons. The maximum atomic E-state index is 11.2. The Morgan fingerprint density at radius 1 is 1.37 bits per heavy atom. The Bertz CT molecular complexity index is 444. The number of aliphatic carboxylic acids is 1. The van der Waals surface area contributed by atoms with Crippen LogP contribution in [0.5, 0.6) is 0 Å². The van der Waals surface area contributed by atoms with Crippen LogP contribution in [0.3, 0.4) is 0 Å². The zero-order valence-corrected chi connectivity index (χ0v) is 11.2. The number of carbonyl (C=O) groups is 1. The van der Waals surface area contributed by atoms with E-state index in [2.05, 4.69) is 0 Å². The molecule has 1 unspecified atom stereocenters. The summed E-state index contributed by atoms with van der Waals surface area (Å²) in [7, 11) is 0. The van der Waals surface area contributed by atoms with Gasteiger partial charge in [-0.1, -0.05) is 42.0 Å². The Kier molecular flexibility index (Phi) is 4.74. The number of hydrogen-bond acceptors (Lipinski definition) is 2. The van der Waals surface area contributed by atoms with Crippen LogP contribution in [0, 0.1) is 0 Å². The van der Waals surface area contributed by atoms with Crippen molar-refractivity contribution in [1.29, 1.82) is 0 Å². The number of rotatable bonds is 6. The van der Waals surface area contributed by atoms with Gasteiger partial charge in [-0.25, -0.2) is 4.79 Å². The van der Waals surface area contributed by atoms with Gasteiger partial charge in [0.15, 0.2) is 6.10 Å². The van der Waals surface area contributed by atoms with E-state index in [1.807, 2.05) is 43.3 Å². The Hall–Kier alpha value is -1.61. The van der Waals surface area contributed by atoms with Crippen molar-refractivity contribution in [1.82, 2.24) is 0 Å². The van der Waals surface area contributed by atoms with Crippen molar-refractivity contribution in [3.8, 4) is 0 Å². The predicted octanol–water partition coefficient (Wildman–Crippen LogP) is 3.72. The molecule has 0 bridgehead atoms. The molecule has 2 rings (SSSR count). The molecule has 19 heavy (non-hydrogen) atoms. The highest BCUT2D eigenvalue weighted by Crippen LogP contribution is 2.27. The molecule has 2 atom stereocenters. The molecule has 0 saturated heterocycles. The van der Waals surface area contributed by atoms with Gasteiger partial charge >= 0.3 is 5.97 Å². The topological polar surface area (TPSA) is 46.5 Å². The third-order valence-electron chi connectivity index (χ3n) is 3.53. The Labute approximate surface area is 113 Å². The van der Waals surface area contributed by atoms with Gasteiger partial charge in [0.2, 0.25) is 0 Å². The maximum Gasteiger partial charge on any atom is 0.333 e. The summed E-state index contributed by atoms with van der Waals surface area (Å²) in [6.07, 6.45) is 4.97. The highest BCUT2D eigenvalue weighted by molar-refractivity contribution is 5.72. The second kappa shape index (κ2) is 6.53. The fourth-order valence-electron chi connectivity index (χ4n) is 2.12. The molecule has 0 aromatic heterocycles. The Balaban J connectivity index is 1.94. The first-order valence-electron chi connectivity index (χ1n) is 6.78. The molecular formula is C16H20O3. The zero-order valence-electron chi connectivity index (χ0n) is 11.2. The summed E-state index contributed by atoms with van der Waals surface area (Å²) in [5, 5.41) is 9.22. The molecule has 1 N–H and O–H groups in total. The van der Waals surface area contributed by atoms with Crippen molar-refractivity contribution >= 4 is 5.97 Å². The minimum atomic E-state index is -0.890. The van der Waals surface area contributed by atoms with E-state index < -0.39 is 12.1 Å². The van der Waals surface area contributed by atoms with Crippen LogP contribution in [-0.2, 0) is 9.53 Å². The van der Waals surface area contributed by atoms with Crippen LogP contribution in [0.1, 0.15) is 44.3 Å². The van der Waals surface area contributed by atoms with Crippen molar-refractivity contribution < 1.29 is 14.6 Å². The second-order valence-electron chi connectivity index (χ2n) is 4.97. The first-order chi connectivity index (χ1) is 9.16. The summed E-state index contributed by atoms with van der Waals surface area (Å²) in [6.45, 7) is 1.89. The minimum absolute atomic E-state index is 0.206. The van der Waals surface area contributed by atoms with E-state index in [1.54, 1.807) is 0 Å². The summed E-state index contributed by atoms with van der Waals surface area (Å²) in [6, 6.07) is 9.70. The monoisotopic (exact) mass is 260 g/mol.